The molecule has 1 heterocycles. The zero-order valence-corrected chi connectivity index (χ0v) is 15.6. The summed E-state index contributed by atoms with van der Waals surface area (Å²) in [5, 5.41) is 0.993. The summed E-state index contributed by atoms with van der Waals surface area (Å²) in [6.45, 7) is 3.64. The van der Waals surface area contributed by atoms with Crippen molar-refractivity contribution >= 4 is 27.5 Å². The minimum Gasteiger partial charge on any atom is -0.427 e. The highest BCUT2D eigenvalue weighted by molar-refractivity contribution is 7.21. The van der Waals surface area contributed by atoms with E-state index in [9.17, 15) is 4.79 Å². The van der Waals surface area contributed by atoms with Gasteiger partial charge < -0.3 is 4.74 Å². The molecular weight excluding hydrogens is 330 g/mol. The number of esters is 1. The van der Waals surface area contributed by atoms with Gasteiger partial charge in [0, 0.05) is 12.5 Å². The summed E-state index contributed by atoms with van der Waals surface area (Å²) in [6.07, 6.45) is 6.28. The van der Waals surface area contributed by atoms with Crippen molar-refractivity contribution in [2.75, 3.05) is 0 Å². The van der Waals surface area contributed by atoms with Gasteiger partial charge in [0.25, 0.3) is 0 Å². The Morgan fingerprint density at radius 2 is 1.88 bits per heavy atom. The van der Waals surface area contributed by atoms with Gasteiger partial charge in [0.2, 0.25) is 0 Å². The molecule has 0 aliphatic rings. The topological polar surface area (TPSA) is 39.2 Å². The van der Waals surface area contributed by atoms with Crippen LogP contribution in [0.25, 0.3) is 20.8 Å². The van der Waals surface area contributed by atoms with Crippen molar-refractivity contribution in [2.24, 2.45) is 0 Å². The fourth-order valence-electron chi connectivity index (χ4n) is 2.84. The first kappa shape index (κ1) is 17.6. The maximum absolute atomic E-state index is 11.0. The third kappa shape index (κ3) is 4.67. The number of hydrogen-bond acceptors (Lipinski definition) is 4. The molecule has 0 amide bonds. The number of carbonyl (C=O) groups excluding carboxylic acids is 1. The van der Waals surface area contributed by atoms with Crippen LogP contribution in [-0.4, -0.2) is 11.0 Å². The Morgan fingerprint density at radius 3 is 2.60 bits per heavy atom. The fraction of sp³-hybridized carbons (Fsp3) is 0.333. The lowest BCUT2D eigenvalue weighted by Crippen LogP contribution is -2.00. The van der Waals surface area contributed by atoms with Gasteiger partial charge in [-0.3, -0.25) is 4.79 Å². The Balaban J connectivity index is 1.75. The van der Waals surface area contributed by atoms with Gasteiger partial charge in [-0.25, -0.2) is 4.98 Å². The van der Waals surface area contributed by atoms with Crippen molar-refractivity contribution in [3.8, 4) is 16.3 Å². The normalized spacial score (nSPS) is 11.0. The molecule has 0 saturated carbocycles. The van der Waals surface area contributed by atoms with Crippen LogP contribution in [0.15, 0.2) is 42.5 Å². The average Bonchev–Trinajstić information content (AvgIpc) is 3.02. The zero-order valence-electron chi connectivity index (χ0n) is 14.7. The monoisotopic (exact) mass is 353 g/mol. The number of thiazole rings is 1. The number of aryl methyl sites for hydroxylation is 1. The zero-order chi connectivity index (χ0) is 17.6. The van der Waals surface area contributed by atoms with Crippen molar-refractivity contribution in [3.05, 3.63) is 48.0 Å². The molecule has 0 spiro atoms. The Kier molecular flexibility index (Phi) is 5.82. The molecule has 0 atom stereocenters. The van der Waals surface area contributed by atoms with E-state index in [4.69, 9.17) is 9.72 Å². The van der Waals surface area contributed by atoms with Crippen molar-refractivity contribution in [3.63, 3.8) is 0 Å². The highest BCUT2D eigenvalue weighted by Crippen LogP contribution is 2.32. The summed E-state index contributed by atoms with van der Waals surface area (Å²) in [4.78, 5) is 15.7. The van der Waals surface area contributed by atoms with E-state index in [0.717, 1.165) is 22.5 Å². The second-order valence-electron chi connectivity index (χ2n) is 6.25. The Hall–Kier alpha value is -2.20. The number of unbranched alkanes of at least 4 members (excludes halogenated alkanes) is 3. The van der Waals surface area contributed by atoms with Crippen molar-refractivity contribution in [2.45, 2.75) is 46.0 Å². The number of carbonyl (C=O) groups is 1. The second kappa shape index (κ2) is 8.26. The molecule has 0 aliphatic carbocycles. The van der Waals surface area contributed by atoms with Crippen LogP contribution >= 0.6 is 11.3 Å². The highest BCUT2D eigenvalue weighted by atomic mass is 32.1. The summed E-state index contributed by atoms with van der Waals surface area (Å²) < 4.78 is 6.31. The molecule has 3 rings (SSSR count). The molecule has 3 nitrogen and oxygen atoms in total. The van der Waals surface area contributed by atoms with Crippen LogP contribution in [0.5, 0.6) is 5.75 Å². The molecule has 0 fully saturated rings. The van der Waals surface area contributed by atoms with Crippen LogP contribution in [0.1, 0.15) is 45.1 Å². The Labute approximate surface area is 152 Å². The lowest BCUT2D eigenvalue weighted by molar-refractivity contribution is -0.131. The summed E-state index contributed by atoms with van der Waals surface area (Å²) >= 11 is 1.71. The molecular formula is C21H23NO2S. The lowest BCUT2D eigenvalue weighted by Gasteiger charge is -2.01. The van der Waals surface area contributed by atoms with E-state index in [2.05, 4.69) is 25.1 Å². The van der Waals surface area contributed by atoms with Gasteiger partial charge in [-0.15, -0.1) is 11.3 Å². The molecule has 0 saturated heterocycles. The number of fused-ring (bicyclic) bond motifs is 1. The van der Waals surface area contributed by atoms with Gasteiger partial charge in [-0.1, -0.05) is 32.3 Å². The second-order valence-corrected chi connectivity index (χ2v) is 7.28. The van der Waals surface area contributed by atoms with Crippen molar-refractivity contribution in [1.29, 1.82) is 0 Å². The minimum atomic E-state index is -0.306. The third-order valence-corrected chi connectivity index (χ3v) is 5.20. The van der Waals surface area contributed by atoms with E-state index in [0.29, 0.717) is 5.75 Å². The van der Waals surface area contributed by atoms with Crippen LogP contribution in [0, 0.1) is 0 Å². The predicted octanol–water partition coefficient (Wildman–Crippen LogP) is 6.01. The van der Waals surface area contributed by atoms with Gasteiger partial charge in [-0.05, 0) is 54.8 Å². The van der Waals surface area contributed by atoms with Crippen molar-refractivity contribution < 1.29 is 9.53 Å². The maximum atomic E-state index is 11.0. The van der Waals surface area contributed by atoms with E-state index in [1.807, 2.05) is 24.3 Å². The van der Waals surface area contributed by atoms with E-state index in [-0.39, 0.29) is 5.97 Å². The third-order valence-electron chi connectivity index (χ3n) is 4.13. The number of rotatable bonds is 7. The first-order valence-electron chi connectivity index (χ1n) is 8.84. The first-order chi connectivity index (χ1) is 12.2. The van der Waals surface area contributed by atoms with Crippen LogP contribution in [0.3, 0.4) is 0 Å². The van der Waals surface area contributed by atoms with Gasteiger partial charge in [0.1, 0.15) is 10.8 Å². The minimum absolute atomic E-state index is 0.306. The molecule has 0 N–H and O–H groups in total. The lowest BCUT2D eigenvalue weighted by atomic mass is 10.1. The molecule has 0 bridgehead atoms. The first-order valence-corrected chi connectivity index (χ1v) is 9.65. The molecule has 3 aromatic rings. The van der Waals surface area contributed by atoms with E-state index in [1.165, 1.54) is 42.9 Å². The summed E-state index contributed by atoms with van der Waals surface area (Å²) in [6, 6.07) is 14.1. The van der Waals surface area contributed by atoms with E-state index in [1.54, 1.807) is 11.3 Å². The molecule has 0 unspecified atom stereocenters. The number of hydrogen-bond donors (Lipinski definition) is 0. The molecule has 25 heavy (non-hydrogen) atoms. The van der Waals surface area contributed by atoms with Crippen molar-refractivity contribution in [1.82, 2.24) is 4.98 Å². The molecule has 1 aromatic heterocycles. The largest absolute Gasteiger partial charge is 0.427 e. The van der Waals surface area contributed by atoms with Crippen LogP contribution in [0.4, 0.5) is 0 Å². The number of benzene rings is 2. The summed E-state index contributed by atoms with van der Waals surface area (Å²) in [5.74, 6) is 0.255. The van der Waals surface area contributed by atoms with Crippen LogP contribution in [-0.2, 0) is 11.2 Å². The summed E-state index contributed by atoms with van der Waals surface area (Å²) in [7, 11) is 0. The van der Waals surface area contributed by atoms with Gasteiger partial charge in [0.15, 0.2) is 0 Å². The van der Waals surface area contributed by atoms with Crippen LogP contribution < -0.4 is 4.74 Å². The summed E-state index contributed by atoms with van der Waals surface area (Å²) in [5.41, 5.74) is 3.48. The van der Waals surface area contributed by atoms with E-state index < -0.39 is 0 Å². The van der Waals surface area contributed by atoms with Gasteiger partial charge >= 0.3 is 5.97 Å². The highest BCUT2D eigenvalue weighted by Gasteiger charge is 2.08. The molecule has 0 radical (unpaired) electrons. The molecule has 2 aromatic carbocycles. The molecule has 0 aliphatic heterocycles. The maximum Gasteiger partial charge on any atom is 0.308 e. The molecule has 130 valence electrons. The fourth-order valence-corrected chi connectivity index (χ4v) is 3.87. The quantitative estimate of drug-likeness (QED) is 0.296. The smallest absolute Gasteiger partial charge is 0.308 e. The number of aromatic nitrogens is 1. The standard InChI is InChI=1S/C21H23NO2S/c1-3-4-5-6-7-16-8-13-19-20(14-16)25-21(22-19)17-9-11-18(12-10-17)24-15(2)23/h8-14H,3-7H2,1-2H3. The Bertz CT molecular complexity index is 852. The predicted molar refractivity (Wildman–Crippen MR) is 104 cm³/mol. The Morgan fingerprint density at radius 1 is 1.08 bits per heavy atom. The number of nitrogens with zero attached hydrogens (tertiary/aromatic N) is 1. The van der Waals surface area contributed by atoms with E-state index >= 15 is 0 Å². The average molecular weight is 353 g/mol. The van der Waals surface area contributed by atoms with Gasteiger partial charge in [0.05, 0.1) is 10.2 Å². The molecule has 4 heteroatoms. The SMILES string of the molecule is CCCCCCc1ccc2nc(-c3ccc(OC(C)=O)cc3)sc2c1. The van der Waals surface area contributed by atoms with Crippen LogP contribution in [0.2, 0.25) is 0 Å². The van der Waals surface area contributed by atoms with Gasteiger partial charge in [-0.2, -0.15) is 0 Å². The number of ether oxygens (including phenoxy) is 1.